The van der Waals surface area contributed by atoms with E-state index in [4.69, 9.17) is 4.74 Å². The lowest BCUT2D eigenvalue weighted by atomic mass is 9.97. The molecule has 0 spiro atoms. The van der Waals surface area contributed by atoms with Crippen LogP contribution in [0, 0.1) is 21.4 Å². The Kier molecular flexibility index (Phi) is 4.92. The zero-order chi connectivity index (χ0) is 20.5. The molecule has 1 aromatic heterocycles. The number of hydrogen-bond acceptors (Lipinski definition) is 6. The molecule has 0 radical (unpaired) electrons. The molecule has 0 aliphatic carbocycles. The molecule has 0 N–H and O–H groups in total. The Bertz CT molecular complexity index is 1060. The van der Waals surface area contributed by atoms with Crippen molar-refractivity contribution in [2.45, 2.75) is 38.9 Å². The van der Waals surface area contributed by atoms with Gasteiger partial charge in [-0.1, -0.05) is 0 Å². The third-order valence-electron chi connectivity index (χ3n) is 4.27. The van der Waals surface area contributed by atoms with Gasteiger partial charge in [0.05, 0.1) is 17.3 Å². The highest BCUT2D eigenvalue weighted by Crippen LogP contribution is 2.36. The average molecular weight is 381 g/mol. The molecule has 0 amide bonds. The molecule has 1 aliphatic heterocycles. The van der Waals surface area contributed by atoms with Gasteiger partial charge in [0.2, 0.25) is 0 Å². The zero-order valence-corrected chi connectivity index (χ0v) is 15.7. The molecule has 8 nitrogen and oxygen atoms in total. The standard InChI is InChI=1S/C20H19N3O5/c1-13(28-23(25)26)8-14-6-7-22(19(24)10-14)17-11-20(2,3)27-18-5-4-15(12-21)9-16(17)18/h4-7,9-11,13H,8H2,1-3H3. The summed E-state index contributed by atoms with van der Waals surface area (Å²) >= 11 is 0. The fourth-order valence-electron chi connectivity index (χ4n) is 3.17. The number of hydrogen-bond donors (Lipinski definition) is 0. The molecule has 8 heteroatoms. The molecule has 0 saturated carbocycles. The lowest BCUT2D eigenvalue weighted by Gasteiger charge is -2.31. The fourth-order valence-corrected chi connectivity index (χ4v) is 3.17. The predicted octanol–water partition coefficient (Wildman–Crippen LogP) is 2.92. The quantitative estimate of drug-likeness (QED) is 0.582. The molecule has 0 saturated heterocycles. The first-order valence-electron chi connectivity index (χ1n) is 8.68. The summed E-state index contributed by atoms with van der Waals surface area (Å²) in [6.45, 7) is 5.33. The second-order valence-corrected chi connectivity index (χ2v) is 7.14. The van der Waals surface area contributed by atoms with Crippen LogP contribution in [0.4, 0.5) is 0 Å². The van der Waals surface area contributed by atoms with Crippen LogP contribution in [0.15, 0.2) is 47.4 Å². The fraction of sp³-hybridized carbons (Fsp3) is 0.300. The van der Waals surface area contributed by atoms with Gasteiger partial charge in [-0.15, -0.1) is 10.1 Å². The lowest BCUT2D eigenvalue weighted by Crippen LogP contribution is -2.32. The lowest BCUT2D eigenvalue weighted by molar-refractivity contribution is -0.767. The van der Waals surface area contributed by atoms with Crippen LogP contribution in [-0.2, 0) is 11.3 Å². The van der Waals surface area contributed by atoms with E-state index in [-0.39, 0.29) is 12.0 Å². The molecule has 1 atom stereocenters. The molecule has 1 aliphatic rings. The predicted molar refractivity (Wildman–Crippen MR) is 101 cm³/mol. The average Bonchev–Trinajstić information content (AvgIpc) is 2.59. The molecule has 0 bridgehead atoms. The maximum Gasteiger partial charge on any atom is 0.294 e. The van der Waals surface area contributed by atoms with Gasteiger partial charge >= 0.3 is 0 Å². The van der Waals surface area contributed by atoms with Crippen molar-refractivity contribution >= 4 is 5.70 Å². The molecule has 28 heavy (non-hydrogen) atoms. The van der Waals surface area contributed by atoms with Gasteiger partial charge in [0.15, 0.2) is 0 Å². The van der Waals surface area contributed by atoms with Crippen molar-refractivity contribution in [2.75, 3.05) is 0 Å². The summed E-state index contributed by atoms with van der Waals surface area (Å²) in [5.41, 5.74) is 1.44. The molecule has 0 fully saturated rings. The van der Waals surface area contributed by atoms with E-state index < -0.39 is 16.8 Å². The number of fused-ring (bicyclic) bond motifs is 1. The first kappa shape index (κ1) is 19.2. The number of nitrogens with zero attached hydrogens (tertiary/aromatic N) is 3. The van der Waals surface area contributed by atoms with Crippen LogP contribution in [0.1, 0.15) is 37.5 Å². The Hall–Kier alpha value is -3.60. The van der Waals surface area contributed by atoms with Crippen LogP contribution < -0.4 is 10.3 Å². The molecular formula is C20H19N3O5. The van der Waals surface area contributed by atoms with Crippen LogP contribution >= 0.6 is 0 Å². The summed E-state index contributed by atoms with van der Waals surface area (Å²) in [7, 11) is 0. The molecule has 1 aromatic carbocycles. The van der Waals surface area contributed by atoms with Crippen molar-refractivity contribution in [3.63, 3.8) is 0 Å². The Morgan fingerprint density at radius 2 is 2.11 bits per heavy atom. The normalized spacial score (nSPS) is 15.4. The monoisotopic (exact) mass is 381 g/mol. The van der Waals surface area contributed by atoms with Gasteiger partial charge in [0, 0.05) is 17.8 Å². The Morgan fingerprint density at radius 3 is 2.75 bits per heavy atom. The van der Waals surface area contributed by atoms with Gasteiger partial charge in [-0.25, -0.2) is 0 Å². The number of benzene rings is 1. The van der Waals surface area contributed by atoms with E-state index in [0.29, 0.717) is 28.1 Å². The minimum atomic E-state index is -0.843. The highest BCUT2D eigenvalue weighted by Gasteiger charge is 2.28. The van der Waals surface area contributed by atoms with Crippen molar-refractivity contribution in [3.8, 4) is 11.8 Å². The molecule has 1 unspecified atom stereocenters. The Labute approximate surface area is 161 Å². The van der Waals surface area contributed by atoms with Gasteiger partial charge in [-0.2, -0.15) is 5.26 Å². The van der Waals surface area contributed by atoms with Gasteiger partial charge in [-0.05, 0) is 63.1 Å². The smallest absolute Gasteiger partial charge is 0.294 e. The third-order valence-corrected chi connectivity index (χ3v) is 4.27. The minimum Gasteiger partial charge on any atom is -0.483 e. The summed E-state index contributed by atoms with van der Waals surface area (Å²) in [5, 5.41) is 18.8. The molecular weight excluding hydrogens is 362 g/mol. The van der Waals surface area contributed by atoms with Crippen LogP contribution in [0.2, 0.25) is 0 Å². The second-order valence-electron chi connectivity index (χ2n) is 7.14. The van der Waals surface area contributed by atoms with E-state index in [1.54, 1.807) is 37.4 Å². The summed E-state index contributed by atoms with van der Waals surface area (Å²) < 4.78 is 7.42. The van der Waals surface area contributed by atoms with Crippen molar-refractivity contribution in [3.05, 3.63) is 79.8 Å². The molecule has 2 aromatic rings. The van der Waals surface area contributed by atoms with Crippen LogP contribution in [0.3, 0.4) is 0 Å². The minimum absolute atomic E-state index is 0.236. The van der Waals surface area contributed by atoms with Crippen molar-refractivity contribution in [1.29, 1.82) is 5.26 Å². The second kappa shape index (κ2) is 7.19. The summed E-state index contributed by atoms with van der Waals surface area (Å²) in [4.78, 5) is 27.7. The van der Waals surface area contributed by atoms with Crippen molar-refractivity contribution in [1.82, 2.24) is 4.57 Å². The van der Waals surface area contributed by atoms with Crippen LogP contribution in [-0.4, -0.2) is 21.4 Å². The van der Waals surface area contributed by atoms with E-state index in [9.17, 15) is 20.2 Å². The van der Waals surface area contributed by atoms with E-state index in [1.165, 1.54) is 10.6 Å². The van der Waals surface area contributed by atoms with E-state index >= 15 is 0 Å². The number of nitriles is 1. The van der Waals surface area contributed by atoms with Crippen molar-refractivity contribution < 1.29 is 14.7 Å². The van der Waals surface area contributed by atoms with E-state index in [1.807, 2.05) is 19.9 Å². The maximum absolute atomic E-state index is 12.8. The first-order chi connectivity index (χ1) is 13.2. The first-order valence-corrected chi connectivity index (χ1v) is 8.68. The summed E-state index contributed by atoms with van der Waals surface area (Å²) in [6, 6.07) is 10.3. The highest BCUT2D eigenvalue weighted by atomic mass is 17.0. The van der Waals surface area contributed by atoms with Gasteiger partial charge in [-0.3, -0.25) is 9.36 Å². The number of aromatic nitrogens is 1. The van der Waals surface area contributed by atoms with Crippen molar-refractivity contribution in [2.24, 2.45) is 0 Å². The van der Waals surface area contributed by atoms with E-state index in [2.05, 4.69) is 10.9 Å². The molecule has 2 heterocycles. The summed E-state index contributed by atoms with van der Waals surface area (Å²) in [5.74, 6) is 0.588. The molecule has 3 rings (SSSR count). The number of pyridine rings is 1. The van der Waals surface area contributed by atoms with Crippen LogP contribution in [0.25, 0.3) is 5.70 Å². The zero-order valence-electron chi connectivity index (χ0n) is 15.7. The maximum atomic E-state index is 12.8. The third kappa shape index (κ3) is 4.04. The Morgan fingerprint density at radius 1 is 1.36 bits per heavy atom. The summed E-state index contributed by atoms with van der Waals surface area (Å²) in [6.07, 6.45) is 3.02. The van der Waals surface area contributed by atoms with Gasteiger partial charge in [0.25, 0.3) is 10.6 Å². The number of rotatable bonds is 5. The number of ether oxygens (including phenoxy) is 1. The largest absolute Gasteiger partial charge is 0.483 e. The van der Waals surface area contributed by atoms with Gasteiger partial charge in [0.1, 0.15) is 17.5 Å². The Balaban J connectivity index is 2.01. The SMILES string of the molecule is CC(Cc1ccn(C2=CC(C)(C)Oc3ccc(C#N)cc32)c(=O)c1)O[N+](=O)[O-]. The molecule has 144 valence electrons. The topological polar surface area (TPSA) is 107 Å². The van der Waals surface area contributed by atoms with E-state index in [0.717, 1.165) is 0 Å². The van der Waals surface area contributed by atoms with Gasteiger partial charge < -0.3 is 9.57 Å². The van der Waals surface area contributed by atoms with Crippen LogP contribution in [0.5, 0.6) is 5.75 Å². The highest BCUT2D eigenvalue weighted by molar-refractivity contribution is 5.74.